The monoisotopic (exact) mass is 148 g/mol. The molecular weight excluding hydrogens is 132 g/mol. The van der Waals surface area contributed by atoms with Gasteiger partial charge >= 0.3 is 0 Å². The van der Waals surface area contributed by atoms with Crippen LogP contribution in [0.3, 0.4) is 0 Å². The van der Waals surface area contributed by atoms with E-state index >= 15 is 0 Å². The second kappa shape index (κ2) is 6.99. The van der Waals surface area contributed by atoms with Crippen molar-refractivity contribution in [2.75, 3.05) is 13.7 Å². The van der Waals surface area contributed by atoms with E-state index in [9.17, 15) is 0 Å². The molecule has 0 aromatic heterocycles. The molecule has 0 aliphatic carbocycles. The van der Waals surface area contributed by atoms with Gasteiger partial charge in [0.05, 0.1) is 7.11 Å². The van der Waals surface area contributed by atoms with Crippen LogP contribution in [0.1, 0.15) is 26.7 Å². The largest absolute Gasteiger partial charge is 0.350 e. The first-order valence-corrected chi connectivity index (χ1v) is 3.66. The van der Waals surface area contributed by atoms with E-state index in [2.05, 4.69) is 11.8 Å². The Balaban J connectivity index is 3.30. The fraction of sp³-hybridized carbons (Fsp3) is 1.00. The Morgan fingerprint density at radius 2 is 2.00 bits per heavy atom. The second-order valence-corrected chi connectivity index (χ2v) is 1.94. The molecule has 0 radical (unpaired) electrons. The molecule has 0 amide bonds. The summed E-state index contributed by atoms with van der Waals surface area (Å²) in [7, 11) is 1.49. The topological polar surface area (TPSA) is 27.7 Å². The molecule has 0 heterocycles. The molecule has 0 bridgehead atoms. The van der Waals surface area contributed by atoms with Crippen molar-refractivity contribution < 1.29 is 14.5 Å². The minimum absolute atomic E-state index is 0.194. The smallest absolute Gasteiger partial charge is 0.191 e. The molecule has 0 spiro atoms. The highest BCUT2D eigenvalue weighted by molar-refractivity contribution is 4.38. The molecule has 0 rings (SSSR count). The third-order valence-corrected chi connectivity index (χ3v) is 1.08. The van der Waals surface area contributed by atoms with Crippen LogP contribution in [-0.4, -0.2) is 20.0 Å². The molecule has 0 fully saturated rings. The van der Waals surface area contributed by atoms with Crippen LogP contribution in [-0.2, 0) is 14.5 Å². The second-order valence-electron chi connectivity index (χ2n) is 1.94. The van der Waals surface area contributed by atoms with E-state index in [0.29, 0.717) is 6.61 Å². The maximum atomic E-state index is 5.18. The molecule has 0 N–H and O–H groups in total. The molecule has 0 saturated carbocycles. The van der Waals surface area contributed by atoms with Gasteiger partial charge in [0, 0.05) is 13.0 Å². The summed E-state index contributed by atoms with van der Waals surface area (Å²) in [5.74, 6) is 0. The Bertz CT molecular complexity index is 51.6. The summed E-state index contributed by atoms with van der Waals surface area (Å²) >= 11 is 0. The molecule has 0 aliphatic heterocycles. The van der Waals surface area contributed by atoms with Crippen molar-refractivity contribution in [1.29, 1.82) is 0 Å². The standard InChI is InChI=1S/C7H16O3/c1-4-6-7(9-5-2)10-8-3/h7H,4-6H2,1-3H3. The fourth-order valence-corrected chi connectivity index (χ4v) is 0.688. The number of ether oxygens (including phenoxy) is 1. The van der Waals surface area contributed by atoms with E-state index in [1.807, 2.05) is 6.92 Å². The Kier molecular flexibility index (Phi) is 6.91. The van der Waals surface area contributed by atoms with E-state index in [1.165, 1.54) is 7.11 Å². The fourth-order valence-electron chi connectivity index (χ4n) is 0.688. The van der Waals surface area contributed by atoms with Crippen molar-refractivity contribution in [3.63, 3.8) is 0 Å². The Hall–Kier alpha value is -0.120. The lowest BCUT2D eigenvalue weighted by atomic mass is 10.3. The van der Waals surface area contributed by atoms with Gasteiger partial charge in [-0.2, -0.15) is 0 Å². The van der Waals surface area contributed by atoms with Crippen molar-refractivity contribution >= 4 is 0 Å². The first-order chi connectivity index (χ1) is 4.85. The minimum Gasteiger partial charge on any atom is -0.350 e. The first kappa shape index (κ1) is 9.88. The zero-order valence-corrected chi connectivity index (χ0v) is 6.92. The van der Waals surface area contributed by atoms with Gasteiger partial charge in [-0.1, -0.05) is 13.3 Å². The number of rotatable bonds is 6. The van der Waals surface area contributed by atoms with E-state index in [4.69, 9.17) is 9.62 Å². The highest BCUT2D eigenvalue weighted by atomic mass is 17.2. The maximum Gasteiger partial charge on any atom is 0.191 e. The van der Waals surface area contributed by atoms with Gasteiger partial charge in [-0.15, -0.1) is 0 Å². The average molecular weight is 148 g/mol. The van der Waals surface area contributed by atoms with Gasteiger partial charge in [-0.25, -0.2) is 9.78 Å². The van der Waals surface area contributed by atoms with Crippen LogP contribution in [0.4, 0.5) is 0 Å². The predicted octanol–water partition coefficient (Wildman–Crippen LogP) is 1.73. The molecule has 0 aromatic rings. The lowest BCUT2D eigenvalue weighted by Gasteiger charge is -2.13. The Labute approximate surface area is 62.2 Å². The van der Waals surface area contributed by atoms with E-state index in [1.54, 1.807) is 0 Å². The SMILES string of the molecule is CCCC(OCC)OOC. The van der Waals surface area contributed by atoms with Gasteiger partial charge < -0.3 is 4.74 Å². The number of hydrogen-bond donors (Lipinski definition) is 0. The Morgan fingerprint density at radius 3 is 2.40 bits per heavy atom. The summed E-state index contributed by atoms with van der Waals surface area (Å²) in [6.45, 7) is 4.67. The molecule has 10 heavy (non-hydrogen) atoms. The molecule has 0 aromatic carbocycles. The van der Waals surface area contributed by atoms with Gasteiger partial charge in [0.2, 0.25) is 0 Å². The molecule has 3 heteroatoms. The highest BCUT2D eigenvalue weighted by Gasteiger charge is 2.06. The normalized spacial score (nSPS) is 13.5. The summed E-state index contributed by atoms with van der Waals surface area (Å²) in [6, 6.07) is 0. The molecule has 3 nitrogen and oxygen atoms in total. The van der Waals surface area contributed by atoms with Gasteiger partial charge in [-0.3, -0.25) is 0 Å². The van der Waals surface area contributed by atoms with E-state index < -0.39 is 0 Å². The zero-order valence-electron chi connectivity index (χ0n) is 6.92. The average Bonchev–Trinajstić information content (AvgIpc) is 1.90. The number of hydrogen-bond acceptors (Lipinski definition) is 3. The summed E-state index contributed by atoms with van der Waals surface area (Å²) < 4.78 is 5.18. The predicted molar refractivity (Wildman–Crippen MR) is 38.4 cm³/mol. The summed E-state index contributed by atoms with van der Waals surface area (Å²) in [5, 5.41) is 0. The van der Waals surface area contributed by atoms with Gasteiger partial charge in [-0.05, 0) is 6.92 Å². The van der Waals surface area contributed by atoms with Crippen molar-refractivity contribution in [1.82, 2.24) is 0 Å². The molecule has 1 atom stereocenters. The van der Waals surface area contributed by atoms with Crippen LogP contribution in [0.25, 0.3) is 0 Å². The Morgan fingerprint density at radius 1 is 1.30 bits per heavy atom. The van der Waals surface area contributed by atoms with Crippen LogP contribution >= 0.6 is 0 Å². The summed E-state index contributed by atoms with van der Waals surface area (Å²) in [4.78, 5) is 9.28. The van der Waals surface area contributed by atoms with Crippen molar-refractivity contribution in [3.05, 3.63) is 0 Å². The lowest BCUT2D eigenvalue weighted by molar-refractivity contribution is -0.364. The third-order valence-electron chi connectivity index (χ3n) is 1.08. The van der Waals surface area contributed by atoms with E-state index in [0.717, 1.165) is 12.8 Å². The van der Waals surface area contributed by atoms with Crippen molar-refractivity contribution in [2.45, 2.75) is 33.0 Å². The molecule has 62 valence electrons. The maximum absolute atomic E-state index is 5.18. The summed E-state index contributed by atoms with van der Waals surface area (Å²) in [5.41, 5.74) is 0. The van der Waals surface area contributed by atoms with Gasteiger partial charge in [0.25, 0.3) is 0 Å². The summed E-state index contributed by atoms with van der Waals surface area (Å²) in [6.07, 6.45) is 1.72. The molecule has 0 aliphatic rings. The van der Waals surface area contributed by atoms with Gasteiger partial charge in [0.1, 0.15) is 0 Å². The highest BCUT2D eigenvalue weighted by Crippen LogP contribution is 2.03. The molecule has 0 saturated heterocycles. The van der Waals surface area contributed by atoms with Gasteiger partial charge in [0.15, 0.2) is 6.29 Å². The van der Waals surface area contributed by atoms with Crippen LogP contribution in [0.5, 0.6) is 0 Å². The lowest BCUT2D eigenvalue weighted by Crippen LogP contribution is -2.16. The minimum atomic E-state index is -0.194. The van der Waals surface area contributed by atoms with Crippen LogP contribution in [0, 0.1) is 0 Å². The molecule has 1 unspecified atom stereocenters. The molecular formula is C7H16O3. The van der Waals surface area contributed by atoms with Crippen LogP contribution < -0.4 is 0 Å². The van der Waals surface area contributed by atoms with E-state index in [-0.39, 0.29) is 6.29 Å². The quantitative estimate of drug-likeness (QED) is 0.326. The van der Waals surface area contributed by atoms with Crippen molar-refractivity contribution in [3.8, 4) is 0 Å². The third kappa shape index (κ3) is 4.73. The van der Waals surface area contributed by atoms with Crippen molar-refractivity contribution in [2.24, 2.45) is 0 Å². The van der Waals surface area contributed by atoms with Crippen LogP contribution in [0.15, 0.2) is 0 Å². The van der Waals surface area contributed by atoms with Crippen LogP contribution in [0.2, 0.25) is 0 Å². The first-order valence-electron chi connectivity index (χ1n) is 3.66. The zero-order chi connectivity index (χ0) is 7.82.